The van der Waals surface area contributed by atoms with Crippen molar-refractivity contribution in [2.75, 3.05) is 18.5 Å². The molecule has 6 heteroatoms. The molecule has 0 saturated carbocycles. The summed E-state index contributed by atoms with van der Waals surface area (Å²) >= 11 is 6.03. The minimum absolute atomic E-state index is 0.0195. The van der Waals surface area contributed by atoms with E-state index < -0.39 is 0 Å². The van der Waals surface area contributed by atoms with Crippen LogP contribution in [0, 0.1) is 5.41 Å². The zero-order valence-corrected chi connectivity index (χ0v) is 12.5. The van der Waals surface area contributed by atoms with Crippen LogP contribution in [0.3, 0.4) is 0 Å². The Morgan fingerprint density at radius 3 is 2.79 bits per heavy atom. The van der Waals surface area contributed by atoms with Gasteiger partial charge in [-0.3, -0.25) is 4.79 Å². The summed E-state index contributed by atoms with van der Waals surface area (Å²) in [5.74, 6) is 0. The molecule has 0 fully saturated rings. The molecule has 108 valence electrons. The van der Waals surface area contributed by atoms with Crippen molar-refractivity contribution < 1.29 is 5.11 Å². The standard InChI is InChI=1S/C13H22ClN3O2/c1-4-17-12(19)11(14)10(8-16-17)15-9-13(2,3)6-5-7-18/h8,15,18H,4-7,9H2,1-3H3. The quantitative estimate of drug-likeness (QED) is 0.806. The molecule has 0 amide bonds. The molecule has 0 unspecified atom stereocenters. The first-order valence-electron chi connectivity index (χ1n) is 6.51. The number of aryl methyl sites for hydroxylation is 1. The second-order valence-electron chi connectivity index (χ2n) is 5.34. The average molecular weight is 288 g/mol. The second kappa shape index (κ2) is 6.91. The van der Waals surface area contributed by atoms with Gasteiger partial charge >= 0.3 is 0 Å². The van der Waals surface area contributed by atoms with Crippen LogP contribution in [-0.4, -0.2) is 28.0 Å². The van der Waals surface area contributed by atoms with Crippen LogP contribution in [0.4, 0.5) is 5.69 Å². The smallest absolute Gasteiger partial charge is 0.287 e. The lowest BCUT2D eigenvalue weighted by molar-refractivity contribution is 0.248. The molecule has 2 N–H and O–H groups in total. The van der Waals surface area contributed by atoms with Gasteiger partial charge in [-0.1, -0.05) is 25.4 Å². The number of halogens is 1. The Balaban J connectivity index is 2.73. The van der Waals surface area contributed by atoms with E-state index in [0.717, 1.165) is 12.8 Å². The van der Waals surface area contributed by atoms with Crippen LogP contribution in [0.15, 0.2) is 11.0 Å². The first-order chi connectivity index (χ1) is 8.91. The molecule has 1 rings (SSSR count). The van der Waals surface area contributed by atoms with Crippen molar-refractivity contribution in [3.63, 3.8) is 0 Å². The molecule has 0 atom stereocenters. The van der Waals surface area contributed by atoms with Crippen LogP contribution in [0.2, 0.25) is 5.02 Å². The normalized spacial score (nSPS) is 11.6. The van der Waals surface area contributed by atoms with E-state index >= 15 is 0 Å². The molecule has 1 aromatic rings. The monoisotopic (exact) mass is 287 g/mol. The van der Waals surface area contributed by atoms with Gasteiger partial charge in [-0.05, 0) is 25.2 Å². The molecule has 1 aromatic heterocycles. The summed E-state index contributed by atoms with van der Waals surface area (Å²) in [6, 6.07) is 0. The van der Waals surface area contributed by atoms with Crippen molar-refractivity contribution in [1.82, 2.24) is 9.78 Å². The van der Waals surface area contributed by atoms with E-state index in [9.17, 15) is 4.79 Å². The van der Waals surface area contributed by atoms with E-state index in [2.05, 4.69) is 24.3 Å². The molecule has 0 bridgehead atoms. The summed E-state index contributed by atoms with van der Waals surface area (Å²) in [4.78, 5) is 11.8. The van der Waals surface area contributed by atoms with Crippen LogP contribution in [0.5, 0.6) is 0 Å². The molecular formula is C13H22ClN3O2. The maximum atomic E-state index is 11.8. The lowest BCUT2D eigenvalue weighted by atomic mass is 9.88. The number of hydrogen-bond acceptors (Lipinski definition) is 4. The predicted octanol–water partition coefficient (Wildman–Crippen LogP) is 2.13. The first kappa shape index (κ1) is 16.0. The zero-order chi connectivity index (χ0) is 14.5. The van der Waals surface area contributed by atoms with Crippen molar-refractivity contribution in [2.24, 2.45) is 5.41 Å². The molecule has 0 saturated heterocycles. The SMILES string of the molecule is CCn1ncc(NCC(C)(C)CCCO)c(Cl)c1=O. The summed E-state index contributed by atoms with van der Waals surface area (Å²) in [6.45, 7) is 7.41. The Morgan fingerprint density at radius 1 is 1.53 bits per heavy atom. The number of aliphatic hydroxyl groups excluding tert-OH is 1. The van der Waals surface area contributed by atoms with Crippen molar-refractivity contribution in [2.45, 2.75) is 40.2 Å². The highest BCUT2D eigenvalue weighted by molar-refractivity contribution is 6.32. The van der Waals surface area contributed by atoms with E-state index in [1.807, 2.05) is 6.92 Å². The molecule has 5 nitrogen and oxygen atoms in total. The number of aromatic nitrogens is 2. The van der Waals surface area contributed by atoms with E-state index in [1.54, 1.807) is 6.20 Å². The summed E-state index contributed by atoms with van der Waals surface area (Å²) in [6.07, 6.45) is 3.24. The topological polar surface area (TPSA) is 67.2 Å². The summed E-state index contributed by atoms with van der Waals surface area (Å²) in [5, 5.41) is 16.2. The van der Waals surface area contributed by atoms with Crippen molar-refractivity contribution in [3.05, 3.63) is 21.6 Å². The number of anilines is 1. The third kappa shape index (κ3) is 4.51. The summed E-state index contributed by atoms with van der Waals surface area (Å²) in [5.41, 5.74) is 0.307. The molecule has 1 heterocycles. The Kier molecular flexibility index (Phi) is 5.82. The predicted molar refractivity (Wildman–Crippen MR) is 77.8 cm³/mol. The van der Waals surface area contributed by atoms with Gasteiger partial charge in [0.05, 0.1) is 11.9 Å². The maximum Gasteiger partial charge on any atom is 0.287 e. The largest absolute Gasteiger partial charge is 0.396 e. The van der Waals surface area contributed by atoms with Crippen molar-refractivity contribution in [3.8, 4) is 0 Å². The van der Waals surface area contributed by atoms with Gasteiger partial charge in [-0.25, -0.2) is 4.68 Å². The first-order valence-corrected chi connectivity index (χ1v) is 6.89. The van der Waals surface area contributed by atoms with Crippen LogP contribution in [0.25, 0.3) is 0 Å². The highest BCUT2D eigenvalue weighted by atomic mass is 35.5. The number of nitrogens with zero attached hydrogens (tertiary/aromatic N) is 2. The van der Waals surface area contributed by atoms with Crippen LogP contribution >= 0.6 is 11.6 Å². The van der Waals surface area contributed by atoms with Gasteiger partial charge in [0, 0.05) is 19.7 Å². The zero-order valence-electron chi connectivity index (χ0n) is 11.7. The van der Waals surface area contributed by atoms with Gasteiger partial charge in [0.1, 0.15) is 5.02 Å². The Hall–Kier alpha value is -1.07. The van der Waals surface area contributed by atoms with Gasteiger partial charge in [-0.2, -0.15) is 5.10 Å². The van der Waals surface area contributed by atoms with E-state index in [0.29, 0.717) is 18.8 Å². The minimum Gasteiger partial charge on any atom is -0.396 e. The highest BCUT2D eigenvalue weighted by Crippen LogP contribution is 2.24. The average Bonchev–Trinajstić information content (AvgIpc) is 2.38. The van der Waals surface area contributed by atoms with Gasteiger partial charge in [0.2, 0.25) is 0 Å². The second-order valence-corrected chi connectivity index (χ2v) is 5.72. The van der Waals surface area contributed by atoms with Gasteiger partial charge in [0.25, 0.3) is 5.56 Å². The number of aliphatic hydroxyl groups is 1. The van der Waals surface area contributed by atoms with E-state index in [1.165, 1.54) is 4.68 Å². The Bertz CT molecular complexity index is 471. The van der Waals surface area contributed by atoms with Crippen LogP contribution in [-0.2, 0) is 6.54 Å². The summed E-state index contributed by atoms with van der Waals surface area (Å²) < 4.78 is 1.32. The molecule has 0 aliphatic carbocycles. The maximum absolute atomic E-state index is 11.8. The molecule has 0 aromatic carbocycles. The fourth-order valence-corrected chi connectivity index (χ4v) is 2.01. The summed E-state index contributed by atoms with van der Waals surface area (Å²) in [7, 11) is 0. The molecule has 19 heavy (non-hydrogen) atoms. The fraction of sp³-hybridized carbons (Fsp3) is 0.692. The molecular weight excluding hydrogens is 266 g/mol. The van der Waals surface area contributed by atoms with E-state index in [4.69, 9.17) is 16.7 Å². The highest BCUT2D eigenvalue weighted by Gasteiger charge is 2.18. The lowest BCUT2D eigenvalue weighted by Crippen LogP contribution is -2.27. The molecule has 0 spiro atoms. The third-order valence-electron chi connectivity index (χ3n) is 3.05. The Morgan fingerprint density at radius 2 is 2.21 bits per heavy atom. The third-order valence-corrected chi connectivity index (χ3v) is 3.42. The lowest BCUT2D eigenvalue weighted by Gasteiger charge is -2.25. The number of nitrogens with one attached hydrogen (secondary N) is 1. The number of hydrogen-bond donors (Lipinski definition) is 2. The van der Waals surface area contributed by atoms with E-state index in [-0.39, 0.29) is 22.6 Å². The molecule has 0 aliphatic rings. The van der Waals surface area contributed by atoms with Gasteiger partial charge in [-0.15, -0.1) is 0 Å². The molecule has 0 radical (unpaired) electrons. The van der Waals surface area contributed by atoms with Crippen LogP contribution in [0.1, 0.15) is 33.6 Å². The van der Waals surface area contributed by atoms with Crippen LogP contribution < -0.4 is 10.9 Å². The minimum atomic E-state index is -0.276. The van der Waals surface area contributed by atoms with Gasteiger partial charge in [0.15, 0.2) is 0 Å². The number of rotatable bonds is 7. The van der Waals surface area contributed by atoms with Crippen molar-refractivity contribution in [1.29, 1.82) is 0 Å². The van der Waals surface area contributed by atoms with Gasteiger partial charge < -0.3 is 10.4 Å². The molecule has 0 aliphatic heterocycles. The Labute approximate surface area is 118 Å². The van der Waals surface area contributed by atoms with Crippen molar-refractivity contribution >= 4 is 17.3 Å². The fourth-order valence-electron chi connectivity index (χ4n) is 1.79.